The summed E-state index contributed by atoms with van der Waals surface area (Å²) < 4.78 is 0. The lowest BCUT2D eigenvalue weighted by molar-refractivity contribution is 0.266. The van der Waals surface area contributed by atoms with Crippen LogP contribution < -0.4 is 5.73 Å². The van der Waals surface area contributed by atoms with Crippen LogP contribution in [0, 0.1) is 0 Å². The molecule has 10 heavy (non-hydrogen) atoms. The first kappa shape index (κ1) is 7.11. The lowest BCUT2D eigenvalue weighted by Gasteiger charge is -2.04. The van der Waals surface area contributed by atoms with Crippen LogP contribution in [0.15, 0.2) is 18.6 Å². The zero-order valence-corrected chi connectivity index (χ0v) is 5.44. The van der Waals surface area contributed by atoms with Crippen LogP contribution in [0.2, 0.25) is 0 Å². The summed E-state index contributed by atoms with van der Waals surface area (Å²) in [5, 5.41) is 8.60. The predicted octanol–water partition coefficient (Wildman–Crippen LogP) is -0.531. The second-order valence-electron chi connectivity index (χ2n) is 1.92. The Hall–Kier alpha value is -1.00. The Kier molecular flexibility index (Phi) is 2.30. The Labute approximate surface area is 58.7 Å². The van der Waals surface area contributed by atoms with E-state index in [0.717, 1.165) is 0 Å². The highest BCUT2D eigenvalue weighted by molar-refractivity contribution is 5.03. The van der Waals surface area contributed by atoms with Gasteiger partial charge in [0, 0.05) is 6.20 Å². The van der Waals surface area contributed by atoms with Crippen molar-refractivity contribution in [1.82, 2.24) is 9.97 Å². The monoisotopic (exact) mass is 139 g/mol. The summed E-state index contributed by atoms with van der Waals surface area (Å²) in [7, 11) is 0. The minimum atomic E-state index is -0.386. The fraction of sp³-hybridized carbons (Fsp3) is 0.333. The normalized spacial score (nSPS) is 13.0. The van der Waals surface area contributed by atoms with Crippen LogP contribution in [0.5, 0.6) is 0 Å². The SMILES string of the molecule is NC(CO)c1ccncn1. The third kappa shape index (κ3) is 1.49. The lowest BCUT2D eigenvalue weighted by Crippen LogP contribution is -2.15. The Morgan fingerprint density at radius 2 is 2.50 bits per heavy atom. The molecule has 0 saturated heterocycles. The zero-order chi connectivity index (χ0) is 7.40. The van der Waals surface area contributed by atoms with Gasteiger partial charge in [-0.25, -0.2) is 9.97 Å². The summed E-state index contributed by atoms with van der Waals surface area (Å²) in [5.74, 6) is 0. The van der Waals surface area contributed by atoms with Gasteiger partial charge in [-0.05, 0) is 6.07 Å². The highest BCUT2D eigenvalue weighted by Crippen LogP contribution is 2.01. The molecule has 0 radical (unpaired) electrons. The van der Waals surface area contributed by atoms with Crippen molar-refractivity contribution < 1.29 is 5.11 Å². The van der Waals surface area contributed by atoms with Gasteiger partial charge in [0.2, 0.25) is 0 Å². The first-order valence-electron chi connectivity index (χ1n) is 2.97. The molecule has 0 aliphatic rings. The topological polar surface area (TPSA) is 72.0 Å². The van der Waals surface area contributed by atoms with E-state index in [4.69, 9.17) is 10.8 Å². The molecule has 0 aromatic carbocycles. The maximum Gasteiger partial charge on any atom is 0.115 e. The molecular weight excluding hydrogens is 130 g/mol. The molecule has 0 spiro atoms. The second kappa shape index (κ2) is 3.24. The molecule has 1 aromatic rings. The maximum absolute atomic E-state index is 8.60. The van der Waals surface area contributed by atoms with Gasteiger partial charge in [-0.3, -0.25) is 0 Å². The van der Waals surface area contributed by atoms with E-state index in [0.29, 0.717) is 5.69 Å². The van der Waals surface area contributed by atoms with Crippen molar-refractivity contribution in [3.63, 3.8) is 0 Å². The van der Waals surface area contributed by atoms with Crippen LogP contribution in [0.4, 0.5) is 0 Å². The Morgan fingerprint density at radius 3 is 3.00 bits per heavy atom. The first-order chi connectivity index (χ1) is 4.84. The van der Waals surface area contributed by atoms with Crippen molar-refractivity contribution in [2.24, 2.45) is 5.73 Å². The van der Waals surface area contributed by atoms with E-state index < -0.39 is 0 Å². The van der Waals surface area contributed by atoms with Gasteiger partial charge in [0.05, 0.1) is 18.3 Å². The van der Waals surface area contributed by atoms with E-state index in [-0.39, 0.29) is 12.6 Å². The van der Waals surface area contributed by atoms with E-state index in [2.05, 4.69) is 9.97 Å². The summed E-state index contributed by atoms with van der Waals surface area (Å²) in [6, 6.07) is 1.30. The molecule has 1 atom stereocenters. The van der Waals surface area contributed by atoms with Gasteiger partial charge in [-0.1, -0.05) is 0 Å². The third-order valence-corrected chi connectivity index (χ3v) is 1.18. The molecule has 0 aliphatic heterocycles. The summed E-state index contributed by atoms with van der Waals surface area (Å²) in [6.07, 6.45) is 3.00. The smallest absolute Gasteiger partial charge is 0.115 e. The number of nitrogens with two attached hydrogens (primary N) is 1. The molecule has 1 heterocycles. The number of aliphatic hydroxyl groups excluding tert-OH is 1. The quantitative estimate of drug-likeness (QED) is 0.577. The first-order valence-corrected chi connectivity index (χ1v) is 2.97. The molecule has 0 saturated carbocycles. The number of hydrogen-bond donors (Lipinski definition) is 2. The summed E-state index contributed by atoms with van der Waals surface area (Å²) in [6.45, 7) is -0.0863. The van der Waals surface area contributed by atoms with Gasteiger partial charge in [0.1, 0.15) is 6.33 Å². The molecule has 0 amide bonds. The minimum absolute atomic E-state index is 0.0863. The van der Waals surface area contributed by atoms with E-state index in [9.17, 15) is 0 Å². The van der Waals surface area contributed by atoms with Crippen molar-refractivity contribution in [2.75, 3.05) is 6.61 Å². The van der Waals surface area contributed by atoms with Crippen LogP contribution in [0.1, 0.15) is 11.7 Å². The van der Waals surface area contributed by atoms with Crippen molar-refractivity contribution in [3.05, 3.63) is 24.3 Å². The van der Waals surface area contributed by atoms with Crippen LogP contribution in [0.3, 0.4) is 0 Å². The Morgan fingerprint density at radius 1 is 1.70 bits per heavy atom. The highest BCUT2D eigenvalue weighted by atomic mass is 16.3. The molecule has 1 rings (SSSR count). The molecule has 4 heteroatoms. The lowest BCUT2D eigenvalue weighted by atomic mass is 10.2. The molecule has 1 aromatic heterocycles. The number of nitrogens with zero attached hydrogens (tertiary/aromatic N) is 2. The van der Waals surface area contributed by atoms with E-state index in [1.54, 1.807) is 12.3 Å². The number of hydrogen-bond acceptors (Lipinski definition) is 4. The number of aromatic nitrogens is 2. The van der Waals surface area contributed by atoms with E-state index in [1.807, 2.05) is 0 Å². The highest BCUT2D eigenvalue weighted by Gasteiger charge is 2.02. The van der Waals surface area contributed by atoms with E-state index in [1.165, 1.54) is 6.33 Å². The van der Waals surface area contributed by atoms with E-state index >= 15 is 0 Å². The minimum Gasteiger partial charge on any atom is -0.394 e. The second-order valence-corrected chi connectivity index (χ2v) is 1.92. The van der Waals surface area contributed by atoms with Gasteiger partial charge in [0.15, 0.2) is 0 Å². The molecule has 1 unspecified atom stereocenters. The molecule has 4 nitrogen and oxygen atoms in total. The third-order valence-electron chi connectivity index (χ3n) is 1.18. The Balaban J connectivity index is 2.75. The molecule has 3 N–H and O–H groups in total. The average molecular weight is 139 g/mol. The Bertz CT molecular complexity index is 189. The summed E-state index contributed by atoms with van der Waals surface area (Å²) in [5.41, 5.74) is 6.12. The summed E-state index contributed by atoms with van der Waals surface area (Å²) >= 11 is 0. The van der Waals surface area contributed by atoms with Crippen molar-refractivity contribution in [2.45, 2.75) is 6.04 Å². The van der Waals surface area contributed by atoms with Gasteiger partial charge < -0.3 is 10.8 Å². The number of aliphatic hydroxyl groups is 1. The molecule has 0 aliphatic carbocycles. The van der Waals surface area contributed by atoms with Gasteiger partial charge >= 0.3 is 0 Å². The number of rotatable bonds is 2. The van der Waals surface area contributed by atoms with Gasteiger partial charge in [-0.2, -0.15) is 0 Å². The average Bonchev–Trinajstić information content (AvgIpc) is 2.05. The van der Waals surface area contributed by atoms with Crippen molar-refractivity contribution >= 4 is 0 Å². The summed E-state index contributed by atoms with van der Waals surface area (Å²) in [4.78, 5) is 7.57. The maximum atomic E-state index is 8.60. The molecular formula is C6H9N3O. The largest absolute Gasteiger partial charge is 0.394 e. The van der Waals surface area contributed by atoms with Crippen molar-refractivity contribution in [1.29, 1.82) is 0 Å². The zero-order valence-electron chi connectivity index (χ0n) is 5.44. The van der Waals surface area contributed by atoms with Crippen molar-refractivity contribution in [3.8, 4) is 0 Å². The molecule has 0 fully saturated rings. The fourth-order valence-corrected chi connectivity index (χ4v) is 0.614. The van der Waals surface area contributed by atoms with Gasteiger partial charge in [-0.15, -0.1) is 0 Å². The standard InChI is InChI=1S/C6H9N3O/c7-5(3-10)6-1-2-8-4-9-6/h1-2,4-5,10H,3,7H2. The van der Waals surface area contributed by atoms with Crippen LogP contribution in [-0.2, 0) is 0 Å². The van der Waals surface area contributed by atoms with Gasteiger partial charge in [0.25, 0.3) is 0 Å². The van der Waals surface area contributed by atoms with Crippen LogP contribution in [0.25, 0.3) is 0 Å². The fourth-order valence-electron chi connectivity index (χ4n) is 0.614. The molecule has 0 bridgehead atoms. The predicted molar refractivity (Wildman–Crippen MR) is 36.0 cm³/mol. The van der Waals surface area contributed by atoms with Crippen LogP contribution >= 0.6 is 0 Å². The molecule has 54 valence electrons. The van der Waals surface area contributed by atoms with Crippen LogP contribution in [-0.4, -0.2) is 21.7 Å².